The van der Waals surface area contributed by atoms with Gasteiger partial charge in [0.25, 0.3) is 0 Å². The number of pyridine rings is 1. The molecule has 1 heterocycles. The summed E-state index contributed by atoms with van der Waals surface area (Å²) in [5, 5.41) is 1.19. The van der Waals surface area contributed by atoms with Crippen molar-refractivity contribution in [3.8, 4) is 0 Å². The van der Waals surface area contributed by atoms with Gasteiger partial charge in [-0.25, -0.2) is 0 Å². The molecule has 1 aromatic carbocycles. The average Bonchev–Trinajstić information content (AvgIpc) is 2.18. The van der Waals surface area contributed by atoms with Crippen molar-refractivity contribution in [1.82, 2.24) is 4.98 Å². The topological polar surface area (TPSA) is 36.7 Å². The summed E-state index contributed by atoms with van der Waals surface area (Å²) in [5.74, 6) is 0.339. The van der Waals surface area contributed by atoms with E-state index in [-0.39, 0.29) is 40.1 Å². The standard InChI is InChI=1S/C12H13N2.CH3.Y/c1-2-4-9-5-3-6-11-10(9)7-8-12(13)14-11;;/h3,5-8H,2,4H2,1H3,(H-,13,14);1H3;/q2*-1;. The first-order valence-corrected chi connectivity index (χ1v) is 4.91. The van der Waals surface area contributed by atoms with Crippen LogP contribution in [0.4, 0.5) is 5.82 Å². The second kappa shape index (κ2) is 6.98. The quantitative estimate of drug-likeness (QED) is 0.758. The van der Waals surface area contributed by atoms with Crippen LogP contribution in [0.5, 0.6) is 0 Å². The molecule has 2 aromatic rings. The van der Waals surface area contributed by atoms with Crippen molar-refractivity contribution >= 4 is 16.7 Å². The number of nitrogens with zero attached hydrogens (tertiary/aromatic N) is 1. The summed E-state index contributed by atoms with van der Waals surface area (Å²) >= 11 is 0. The summed E-state index contributed by atoms with van der Waals surface area (Å²) in [6.07, 6.45) is 2.22. The fraction of sp³-hybridized carbons (Fsp3) is 0.231. The summed E-state index contributed by atoms with van der Waals surface area (Å²) in [6.45, 7) is 2.17. The molecule has 3 heteroatoms. The third-order valence-electron chi connectivity index (χ3n) is 2.34. The summed E-state index contributed by atoms with van der Waals surface area (Å²) in [5.41, 5.74) is 9.70. The fourth-order valence-corrected chi connectivity index (χ4v) is 1.71. The molecule has 0 aliphatic rings. The SMILES string of the molecule is CCCc1cccc2nc([NH-])ccc12.[CH3-].[Y]. The van der Waals surface area contributed by atoms with Gasteiger partial charge in [0.05, 0.1) is 0 Å². The minimum Gasteiger partial charge on any atom is -0.482 e. The number of hydrogen-bond donors (Lipinski definition) is 0. The molecule has 0 unspecified atom stereocenters. The smallest absolute Gasteiger partial charge is 0 e. The minimum atomic E-state index is 0. The molecule has 83 valence electrons. The number of aromatic nitrogens is 1. The van der Waals surface area contributed by atoms with Crippen LogP contribution in [0.15, 0.2) is 30.3 Å². The van der Waals surface area contributed by atoms with E-state index in [0.29, 0.717) is 5.82 Å². The van der Waals surface area contributed by atoms with Crippen LogP contribution in [-0.4, -0.2) is 4.98 Å². The third-order valence-corrected chi connectivity index (χ3v) is 2.34. The first-order valence-electron chi connectivity index (χ1n) is 4.91. The molecule has 1 aromatic heterocycles. The van der Waals surface area contributed by atoms with Gasteiger partial charge in [-0.1, -0.05) is 49.5 Å². The predicted molar refractivity (Wildman–Crippen MR) is 66.1 cm³/mol. The van der Waals surface area contributed by atoms with Gasteiger partial charge in [-0.3, -0.25) is 0 Å². The van der Waals surface area contributed by atoms with Gasteiger partial charge < -0.3 is 18.1 Å². The molecule has 2 rings (SSSR count). The monoisotopic (exact) mass is 289 g/mol. The van der Waals surface area contributed by atoms with Gasteiger partial charge in [0.2, 0.25) is 0 Å². The number of benzene rings is 1. The van der Waals surface area contributed by atoms with Crippen LogP contribution in [0.25, 0.3) is 16.6 Å². The number of hydrogen-bond acceptors (Lipinski definition) is 1. The molecule has 2 nitrogen and oxygen atoms in total. The van der Waals surface area contributed by atoms with E-state index in [1.165, 1.54) is 10.9 Å². The maximum absolute atomic E-state index is 7.44. The van der Waals surface area contributed by atoms with Crippen molar-refractivity contribution in [2.45, 2.75) is 19.8 Å². The Hall–Kier alpha value is -0.466. The summed E-state index contributed by atoms with van der Waals surface area (Å²) in [6, 6.07) is 9.86. The number of fused-ring (bicyclic) bond motifs is 1. The van der Waals surface area contributed by atoms with E-state index in [9.17, 15) is 0 Å². The Balaban J connectivity index is 0.00000112. The zero-order valence-corrected chi connectivity index (χ0v) is 12.7. The summed E-state index contributed by atoms with van der Waals surface area (Å²) in [4.78, 5) is 4.19. The van der Waals surface area contributed by atoms with Crippen LogP contribution in [0.2, 0.25) is 0 Å². The molecule has 0 saturated heterocycles. The Morgan fingerprint density at radius 1 is 1.19 bits per heavy atom. The predicted octanol–water partition coefficient (Wildman–Crippen LogP) is 4.32. The van der Waals surface area contributed by atoms with E-state index >= 15 is 0 Å². The second-order valence-corrected chi connectivity index (χ2v) is 3.43. The van der Waals surface area contributed by atoms with E-state index in [4.69, 9.17) is 5.73 Å². The van der Waals surface area contributed by atoms with Crippen molar-refractivity contribution in [1.29, 1.82) is 0 Å². The van der Waals surface area contributed by atoms with Crippen molar-refractivity contribution in [3.05, 3.63) is 49.1 Å². The Kier molecular flexibility index (Phi) is 6.77. The molecule has 0 fully saturated rings. The summed E-state index contributed by atoms with van der Waals surface area (Å²) in [7, 11) is 0. The van der Waals surface area contributed by atoms with Gasteiger partial charge >= 0.3 is 0 Å². The second-order valence-electron chi connectivity index (χ2n) is 3.43. The number of aryl methyl sites for hydroxylation is 1. The first-order chi connectivity index (χ1) is 6.81. The molecule has 1 N–H and O–H groups in total. The van der Waals surface area contributed by atoms with E-state index in [1.807, 2.05) is 18.2 Å². The Morgan fingerprint density at radius 3 is 2.62 bits per heavy atom. The third kappa shape index (κ3) is 3.26. The molecule has 0 aliphatic carbocycles. The molecule has 16 heavy (non-hydrogen) atoms. The van der Waals surface area contributed by atoms with E-state index < -0.39 is 0 Å². The maximum atomic E-state index is 7.44. The molecule has 0 amide bonds. The Labute approximate surface area is 123 Å². The van der Waals surface area contributed by atoms with Crippen molar-refractivity contribution in [2.24, 2.45) is 0 Å². The van der Waals surface area contributed by atoms with Crippen LogP contribution in [0.1, 0.15) is 18.9 Å². The molecule has 0 saturated carbocycles. The van der Waals surface area contributed by atoms with E-state index in [2.05, 4.69) is 18.0 Å². The molecular formula is C13H16N2Y-2. The van der Waals surface area contributed by atoms with Crippen LogP contribution in [0.3, 0.4) is 0 Å². The normalized spacial score (nSPS) is 9.31. The zero-order chi connectivity index (χ0) is 9.97. The molecule has 0 spiro atoms. The van der Waals surface area contributed by atoms with Gasteiger partial charge in [0, 0.05) is 32.7 Å². The first kappa shape index (κ1) is 15.5. The van der Waals surface area contributed by atoms with Gasteiger partial charge in [0.1, 0.15) is 0 Å². The van der Waals surface area contributed by atoms with Gasteiger partial charge in [-0.05, 0) is 22.9 Å². The van der Waals surface area contributed by atoms with Gasteiger partial charge in [-0.2, -0.15) is 0 Å². The van der Waals surface area contributed by atoms with Crippen LogP contribution < -0.4 is 0 Å². The van der Waals surface area contributed by atoms with Gasteiger partial charge in [-0.15, -0.1) is 0 Å². The largest absolute Gasteiger partial charge is 0.482 e. The fourth-order valence-electron chi connectivity index (χ4n) is 1.71. The molecule has 0 aliphatic heterocycles. The van der Waals surface area contributed by atoms with Crippen molar-refractivity contribution in [3.63, 3.8) is 0 Å². The molecule has 0 atom stereocenters. The van der Waals surface area contributed by atoms with E-state index in [1.54, 1.807) is 6.07 Å². The Bertz CT molecular complexity index is 455. The Morgan fingerprint density at radius 2 is 1.94 bits per heavy atom. The van der Waals surface area contributed by atoms with Crippen molar-refractivity contribution in [2.75, 3.05) is 0 Å². The summed E-state index contributed by atoms with van der Waals surface area (Å²) < 4.78 is 0. The van der Waals surface area contributed by atoms with Crippen molar-refractivity contribution < 1.29 is 32.7 Å². The number of rotatable bonds is 2. The van der Waals surface area contributed by atoms with Crippen LogP contribution in [0, 0.1) is 7.43 Å². The molecule has 0 bridgehead atoms. The zero-order valence-electron chi connectivity index (χ0n) is 9.83. The van der Waals surface area contributed by atoms with Crippen LogP contribution in [-0.2, 0) is 39.1 Å². The van der Waals surface area contributed by atoms with E-state index in [0.717, 1.165) is 18.4 Å². The number of nitrogens with one attached hydrogen (secondary N) is 1. The maximum Gasteiger partial charge on any atom is 0 e. The molecule has 1 radical (unpaired) electrons. The van der Waals surface area contributed by atoms with Gasteiger partial charge in [0.15, 0.2) is 0 Å². The molecular weight excluding hydrogens is 273 g/mol. The average molecular weight is 289 g/mol. The van der Waals surface area contributed by atoms with Crippen LogP contribution >= 0.6 is 0 Å². The minimum absolute atomic E-state index is 0.